The second-order valence-corrected chi connectivity index (χ2v) is 7.79. The predicted octanol–water partition coefficient (Wildman–Crippen LogP) is 3.21. The molecule has 0 fully saturated rings. The predicted molar refractivity (Wildman–Crippen MR) is 104 cm³/mol. The summed E-state index contributed by atoms with van der Waals surface area (Å²) < 4.78 is 32.2. The molecule has 0 aliphatic carbocycles. The van der Waals surface area contributed by atoms with Crippen molar-refractivity contribution in [2.24, 2.45) is 0 Å². The number of carbonyl (C=O) groups excluding carboxylic acids is 2. The molecule has 3 aromatic rings. The third kappa shape index (κ3) is 4.73. The highest BCUT2D eigenvalue weighted by atomic mass is 32.2. The lowest BCUT2D eigenvalue weighted by Gasteiger charge is -2.08. The van der Waals surface area contributed by atoms with Crippen molar-refractivity contribution in [1.29, 1.82) is 0 Å². The van der Waals surface area contributed by atoms with Crippen molar-refractivity contribution < 1.29 is 22.4 Å². The number of sulfonamides is 1. The standard InChI is InChI=1S/C20H18N2O5S/c1-14(23)16-4-2-5-17(12-16)22-20(24)15-7-9-19(10-8-15)28(25,26)21-13-18-6-3-11-27-18/h2-12,21H,13H2,1H3,(H,22,24). The van der Waals surface area contributed by atoms with Crippen LogP contribution in [0.3, 0.4) is 0 Å². The van der Waals surface area contributed by atoms with Gasteiger partial charge in [-0.3, -0.25) is 9.59 Å². The number of nitrogens with one attached hydrogen (secondary N) is 2. The topological polar surface area (TPSA) is 105 Å². The van der Waals surface area contributed by atoms with Gasteiger partial charge in [0.2, 0.25) is 10.0 Å². The van der Waals surface area contributed by atoms with E-state index in [0.717, 1.165) is 0 Å². The molecule has 0 unspecified atom stereocenters. The second kappa shape index (κ2) is 8.20. The van der Waals surface area contributed by atoms with Gasteiger partial charge in [0.05, 0.1) is 17.7 Å². The van der Waals surface area contributed by atoms with Gasteiger partial charge in [0.1, 0.15) is 5.76 Å². The molecular formula is C20H18N2O5S. The van der Waals surface area contributed by atoms with Crippen molar-refractivity contribution in [2.45, 2.75) is 18.4 Å². The SMILES string of the molecule is CC(=O)c1cccc(NC(=O)c2ccc(S(=O)(=O)NCc3ccco3)cc2)c1. The summed E-state index contributed by atoms with van der Waals surface area (Å²) in [5.41, 5.74) is 1.26. The number of anilines is 1. The van der Waals surface area contributed by atoms with Gasteiger partial charge in [0, 0.05) is 16.8 Å². The molecule has 1 amide bonds. The molecule has 28 heavy (non-hydrogen) atoms. The highest BCUT2D eigenvalue weighted by Gasteiger charge is 2.15. The van der Waals surface area contributed by atoms with Gasteiger partial charge < -0.3 is 9.73 Å². The van der Waals surface area contributed by atoms with Crippen molar-refractivity contribution in [3.8, 4) is 0 Å². The Morgan fingerprint density at radius 2 is 1.71 bits per heavy atom. The van der Waals surface area contributed by atoms with Crippen LogP contribution in [0.2, 0.25) is 0 Å². The summed E-state index contributed by atoms with van der Waals surface area (Å²) in [5, 5.41) is 2.69. The number of hydrogen-bond acceptors (Lipinski definition) is 5. The van der Waals surface area contributed by atoms with Gasteiger partial charge in [-0.2, -0.15) is 0 Å². The van der Waals surface area contributed by atoms with Crippen molar-refractivity contribution in [2.75, 3.05) is 5.32 Å². The first-order valence-electron chi connectivity index (χ1n) is 8.39. The van der Waals surface area contributed by atoms with E-state index in [1.165, 1.54) is 37.5 Å². The van der Waals surface area contributed by atoms with Crippen LogP contribution in [-0.4, -0.2) is 20.1 Å². The second-order valence-electron chi connectivity index (χ2n) is 6.02. The molecule has 7 nitrogen and oxygen atoms in total. The zero-order chi connectivity index (χ0) is 20.1. The Kier molecular flexibility index (Phi) is 5.72. The van der Waals surface area contributed by atoms with E-state index < -0.39 is 15.9 Å². The first-order valence-corrected chi connectivity index (χ1v) is 9.88. The van der Waals surface area contributed by atoms with E-state index in [-0.39, 0.29) is 17.2 Å². The Bertz CT molecular complexity index is 1090. The molecule has 0 spiro atoms. The smallest absolute Gasteiger partial charge is 0.255 e. The normalized spacial score (nSPS) is 11.2. The summed E-state index contributed by atoms with van der Waals surface area (Å²) in [5.74, 6) is -0.0201. The lowest BCUT2D eigenvalue weighted by Crippen LogP contribution is -2.23. The van der Waals surface area contributed by atoms with Gasteiger partial charge in [-0.25, -0.2) is 13.1 Å². The van der Waals surface area contributed by atoms with Crippen molar-refractivity contribution >= 4 is 27.4 Å². The molecule has 0 bridgehead atoms. The minimum absolute atomic E-state index is 0.0318. The maximum Gasteiger partial charge on any atom is 0.255 e. The number of carbonyl (C=O) groups is 2. The zero-order valence-electron chi connectivity index (χ0n) is 15.0. The average molecular weight is 398 g/mol. The van der Waals surface area contributed by atoms with E-state index in [9.17, 15) is 18.0 Å². The molecule has 0 aliphatic rings. The van der Waals surface area contributed by atoms with E-state index >= 15 is 0 Å². The van der Waals surface area contributed by atoms with Crippen LogP contribution in [0.25, 0.3) is 0 Å². The summed E-state index contributed by atoms with van der Waals surface area (Å²) in [6.07, 6.45) is 1.46. The van der Waals surface area contributed by atoms with E-state index in [1.807, 2.05) is 0 Å². The average Bonchev–Trinajstić information content (AvgIpc) is 3.20. The fraction of sp³-hybridized carbons (Fsp3) is 0.100. The van der Waals surface area contributed by atoms with E-state index in [4.69, 9.17) is 4.42 Å². The lowest BCUT2D eigenvalue weighted by molar-refractivity contribution is 0.101. The number of hydrogen-bond donors (Lipinski definition) is 2. The Hall–Kier alpha value is -3.23. The lowest BCUT2D eigenvalue weighted by atomic mass is 10.1. The van der Waals surface area contributed by atoms with E-state index in [2.05, 4.69) is 10.0 Å². The minimum atomic E-state index is -3.73. The molecule has 1 aromatic heterocycles. The van der Waals surface area contributed by atoms with Gasteiger partial charge in [0.25, 0.3) is 5.91 Å². The molecule has 144 valence electrons. The number of rotatable bonds is 7. The fourth-order valence-electron chi connectivity index (χ4n) is 2.47. The van der Waals surface area contributed by atoms with Crippen LogP contribution in [0.5, 0.6) is 0 Å². The highest BCUT2D eigenvalue weighted by Crippen LogP contribution is 2.15. The molecular weight excluding hydrogens is 380 g/mol. The molecule has 1 heterocycles. The van der Waals surface area contributed by atoms with Crippen LogP contribution in [0, 0.1) is 0 Å². The Morgan fingerprint density at radius 3 is 2.36 bits per heavy atom. The summed E-state index contributed by atoms with van der Waals surface area (Å²) in [4.78, 5) is 23.8. The fourth-order valence-corrected chi connectivity index (χ4v) is 3.46. The minimum Gasteiger partial charge on any atom is -0.468 e. The van der Waals surface area contributed by atoms with Crippen LogP contribution in [-0.2, 0) is 16.6 Å². The monoisotopic (exact) mass is 398 g/mol. The van der Waals surface area contributed by atoms with Crippen LogP contribution in [0.1, 0.15) is 33.4 Å². The zero-order valence-corrected chi connectivity index (χ0v) is 15.8. The first kappa shape index (κ1) is 19.5. The third-order valence-electron chi connectivity index (χ3n) is 3.97. The van der Waals surface area contributed by atoms with Crippen molar-refractivity contribution in [3.63, 3.8) is 0 Å². The summed E-state index contributed by atoms with van der Waals surface area (Å²) in [6.45, 7) is 1.48. The number of ketones is 1. The summed E-state index contributed by atoms with van der Waals surface area (Å²) >= 11 is 0. The Balaban J connectivity index is 1.68. The van der Waals surface area contributed by atoms with Gasteiger partial charge in [-0.1, -0.05) is 12.1 Å². The van der Waals surface area contributed by atoms with E-state index in [1.54, 1.807) is 36.4 Å². The Labute approximate surface area is 162 Å². The van der Waals surface area contributed by atoms with Crippen molar-refractivity contribution in [3.05, 3.63) is 83.8 Å². The maximum atomic E-state index is 12.4. The molecule has 0 aliphatic heterocycles. The van der Waals surface area contributed by atoms with Crippen LogP contribution >= 0.6 is 0 Å². The maximum absolute atomic E-state index is 12.4. The Morgan fingerprint density at radius 1 is 0.964 bits per heavy atom. The molecule has 3 rings (SSSR count). The largest absolute Gasteiger partial charge is 0.468 e. The van der Waals surface area contributed by atoms with Gasteiger partial charge in [-0.05, 0) is 55.5 Å². The molecule has 8 heteroatoms. The number of Topliss-reactive ketones (excluding diaryl/α,β-unsaturated/α-hetero) is 1. The molecule has 0 radical (unpaired) electrons. The van der Waals surface area contributed by atoms with E-state index in [0.29, 0.717) is 22.6 Å². The van der Waals surface area contributed by atoms with Crippen LogP contribution < -0.4 is 10.0 Å². The first-order chi connectivity index (χ1) is 13.3. The number of amides is 1. The number of benzene rings is 2. The van der Waals surface area contributed by atoms with Crippen LogP contribution in [0.15, 0.2) is 76.2 Å². The highest BCUT2D eigenvalue weighted by molar-refractivity contribution is 7.89. The van der Waals surface area contributed by atoms with Gasteiger partial charge in [-0.15, -0.1) is 0 Å². The summed E-state index contributed by atoms with van der Waals surface area (Å²) in [7, 11) is -3.73. The molecule has 0 saturated carbocycles. The molecule has 0 saturated heterocycles. The quantitative estimate of drug-likeness (QED) is 0.595. The van der Waals surface area contributed by atoms with Gasteiger partial charge in [0.15, 0.2) is 5.78 Å². The molecule has 2 N–H and O–H groups in total. The number of furan rings is 1. The van der Waals surface area contributed by atoms with Crippen molar-refractivity contribution in [1.82, 2.24) is 4.72 Å². The summed E-state index contributed by atoms with van der Waals surface area (Å²) in [6, 6.07) is 15.5. The third-order valence-corrected chi connectivity index (χ3v) is 5.39. The molecule has 0 atom stereocenters. The van der Waals surface area contributed by atoms with Gasteiger partial charge >= 0.3 is 0 Å². The molecule has 2 aromatic carbocycles. The van der Waals surface area contributed by atoms with Crippen LogP contribution in [0.4, 0.5) is 5.69 Å².